The molecule has 3 rings (SSSR count). The molecule has 2 aromatic rings. The lowest BCUT2D eigenvalue weighted by molar-refractivity contribution is 0.458. The van der Waals surface area contributed by atoms with Crippen LogP contribution in [0.2, 0.25) is 0 Å². The molecular weight excluding hydrogens is 350 g/mol. The smallest absolute Gasteiger partial charge is 0.191 e. The summed E-state index contributed by atoms with van der Waals surface area (Å²) in [5.41, 5.74) is 2.24. The number of hydrogen-bond donors (Lipinski definition) is 2. The Kier molecular flexibility index (Phi) is 7.12. The van der Waals surface area contributed by atoms with E-state index in [9.17, 15) is 0 Å². The summed E-state index contributed by atoms with van der Waals surface area (Å²) in [6, 6.07) is 8.55. The minimum Gasteiger partial charge on any atom is -0.469 e. The predicted octanol–water partition coefficient (Wildman–Crippen LogP) is 3.31. The van der Waals surface area contributed by atoms with Gasteiger partial charge in [-0.15, -0.1) is 0 Å². The van der Waals surface area contributed by atoms with Crippen molar-refractivity contribution in [2.75, 3.05) is 31.1 Å². The predicted molar refractivity (Wildman–Crippen MR) is 115 cm³/mol. The molecular formula is C22H31N5O. The average Bonchev–Trinajstić information content (AvgIpc) is 3.21. The van der Waals surface area contributed by atoms with Gasteiger partial charge in [0.25, 0.3) is 0 Å². The molecule has 0 bridgehead atoms. The zero-order valence-electron chi connectivity index (χ0n) is 16.9. The summed E-state index contributed by atoms with van der Waals surface area (Å²) in [6.45, 7) is 11.4. The van der Waals surface area contributed by atoms with E-state index in [4.69, 9.17) is 4.42 Å². The van der Waals surface area contributed by atoms with Crippen molar-refractivity contribution in [3.05, 3.63) is 60.2 Å². The van der Waals surface area contributed by atoms with Gasteiger partial charge in [-0.25, -0.2) is 9.98 Å². The van der Waals surface area contributed by atoms with Crippen LogP contribution in [0.5, 0.6) is 0 Å². The van der Waals surface area contributed by atoms with E-state index in [1.54, 1.807) is 6.26 Å². The quantitative estimate of drug-likeness (QED) is 0.438. The van der Waals surface area contributed by atoms with E-state index < -0.39 is 0 Å². The molecule has 0 saturated carbocycles. The van der Waals surface area contributed by atoms with Gasteiger partial charge in [-0.1, -0.05) is 18.2 Å². The third kappa shape index (κ3) is 6.15. The van der Waals surface area contributed by atoms with Crippen LogP contribution in [0, 0.1) is 6.92 Å². The lowest BCUT2D eigenvalue weighted by Gasteiger charge is -2.34. The maximum Gasteiger partial charge on any atom is 0.191 e. The van der Waals surface area contributed by atoms with E-state index in [0.29, 0.717) is 12.6 Å². The summed E-state index contributed by atoms with van der Waals surface area (Å²) < 4.78 is 5.40. The Hall–Kier alpha value is -2.76. The topological polar surface area (TPSA) is 65.7 Å². The molecule has 0 aromatic carbocycles. The maximum atomic E-state index is 5.40. The largest absolute Gasteiger partial charge is 0.469 e. The summed E-state index contributed by atoms with van der Waals surface area (Å²) in [5.74, 6) is 2.89. The molecule has 2 aromatic heterocycles. The highest BCUT2D eigenvalue weighted by atomic mass is 16.3. The second kappa shape index (κ2) is 9.97. The van der Waals surface area contributed by atoms with Crippen molar-refractivity contribution >= 4 is 11.8 Å². The van der Waals surface area contributed by atoms with Gasteiger partial charge in [0.05, 0.1) is 12.8 Å². The first-order chi connectivity index (χ1) is 13.6. The Bertz CT molecular complexity index is 759. The Morgan fingerprint density at radius 2 is 2.14 bits per heavy atom. The van der Waals surface area contributed by atoms with Crippen LogP contribution in [-0.4, -0.2) is 43.2 Å². The van der Waals surface area contributed by atoms with E-state index >= 15 is 0 Å². The molecule has 28 heavy (non-hydrogen) atoms. The zero-order chi connectivity index (χ0) is 19.8. The first-order valence-corrected chi connectivity index (χ1v) is 9.99. The molecule has 3 heterocycles. The lowest BCUT2D eigenvalue weighted by Crippen LogP contribution is -2.49. The van der Waals surface area contributed by atoms with Gasteiger partial charge in [0, 0.05) is 38.3 Å². The second-order valence-corrected chi connectivity index (χ2v) is 7.48. The van der Waals surface area contributed by atoms with Crippen LogP contribution in [0.4, 0.5) is 5.82 Å². The summed E-state index contributed by atoms with van der Waals surface area (Å²) in [5, 5.41) is 7.01. The van der Waals surface area contributed by atoms with E-state index in [0.717, 1.165) is 62.0 Å². The minimum atomic E-state index is 0.404. The van der Waals surface area contributed by atoms with Crippen molar-refractivity contribution in [3.63, 3.8) is 0 Å². The minimum absolute atomic E-state index is 0.404. The number of pyridine rings is 1. The highest BCUT2D eigenvalue weighted by molar-refractivity contribution is 5.80. The number of aliphatic imine (C=N–C) groups is 1. The van der Waals surface area contributed by atoms with Crippen LogP contribution in [0.15, 0.2) is 58.3 Å². The van der Waals surface area contributed by atoms with Gasteiger partial charge in [-0.05, 0) is 50.5 Å². The fourth-order valence-corrected chi connectivity index (χ4v) is 3.22. The fraction of sp³-hybridized carbons (Fsp3) is 0.455. The molecule has 0 atom stereocenters. The molecule has 0 aliphatic carbocycles. The second-order valence-electron chi connectivity index (χ2n) is 7.48. The van der Waals surface area contributed by atoms with Crippen molar-refractivity contribution in [3.8, 4) is 0 Å². The third-order valence-electron chi connectivity index (χ3n) is 4.81. The van der Waals surface area contributed by atoms with Crippen LogP contribution in [-0.2, 0) is 6.42 Å². The van der Waals surface area contributed by atoms with E-state index in [2.05, 4.69) is 51.1 Å². The molecule has 6 heteroatoms. The lowest BCUT2D eigenvalue weighted by atomic mass is 10.1. The SMILES string of the molecule is C=C(C)CN=C(NCCc1ccco1)NC1CCN(c2ccc(C)cn2)CC1. The number of piperidine rings is 1. The Morgan fingerprint density at radius 3 is 2.79 bits per heavy atom. The number of nitrogens with zero attached hydrogens (tertiary/aromatic N) is 3. The number of rotatable bonds is 7. The van der Waals surface area contributed by atoms with Gasteiger partial charge >= 0.3 is 0 Å². The van der Waals surface area contributed by atoms with Gasteiger partial charge in [0.15, 0.2) is 5.96 Å². The van der Waals surface area contributed by atoms with Gasteiger partial charge in [-0.3, -0.25) is 0 Å². The molecule has 1 aliphatic heterocycles. The molecule has 0 spiro atoms. The number of furan rings is 1. The number of guanidine groups is 1. The van der Waals surface area contributed by atoms with Crippen LogP contribution < -0.4 is 15.5 Å². The van der Waals surface area contributed by atoms with Crippen molar-refractivity contribution < 1.29 is 4.42 Å². The molecule has 2 N–H and O–H groups in total. The third-order valence-corrected chi connectivity index (χ3v) is 4.81. The van der Waals surface area contributed by atoms with Crippen molar-refractivity contribution in [2.45, 2.75) is 39.2 Å². The number of anilines is 1. The highest BCUT2D eigenvalue weighted by Gasteiger charge is 2.21. The van der Waals surface area contributed by atoms with Crippen molar-refractivity contribution in [1.29, 1.82) is 0 Å². The summed E-state index contributed by atoms with van der Waals surface area (Å²) in [7, 11) is 0. The number of aryl methyl sites for hydroxylation is 1. The number of nitrogens with one attached hydrogen (secondary N) is 2. The van der Waals surface area contributed by atoms with Gasteiger partial charge in [0.1, 0.15) is 11.6 Å². The van der Waals surface area contributed by atoms with Gasteiger partial charge in [0.2, 0.25) is 0 Å². The first-order valence-electron chi connectivity index (χ1n) is 9.99. The van der Waals surface area contributed by atoms with E-state index in [1.807, 2.05) is 25.3 Å². The Morgan fingerprint density at radius 1 is 1.32 bits per heavy atom. The standard InChI is InChI=1S/C22H31N5O/c1-17(2)15-25-22(23-11-8-20-5-4-14-28-20)26-19-9-12-27(13-10-19)21-7-6-18(3)16-24-21/h4-7,14,16,19H,1,8-13,15H2,2-3H3,(H2,23,25,26). The number of hydrogen-bond acceptors (Lipinski definition) is 4. The molecule has 6 nitrogen and oxygen atoms in total. The Balaban J connectivity index is 1.50. The van der Waals surface area contributed by atoms with Crippen LogP contribution in [0.1, 0.15) is 31.1 Å². The van der Waals surface area contributed by atoms with E-state index in [1.165, 1.54) is 5.56 Å². The first kappa shape index (κ1) is 20.0. The molecule has 1 fully saturated rings. The summed E-state index contributed by atoms with van der Waals surface area (Å²) in [6.07, 6.45) is 6.59. The molecule has 0 unspecified atom stereocenters. The fourth-order valence-electron chi connectivity index (χ4n) is 3.22. The molecule has 150 valence electrons. The number of aromatic nitrogens is 1. The van der Waals surface area contributed by atoms with E-state index in [-0.39, 0.29) is 0 Å². The molecule has 0 amide bonds. The van der Waals surface area contributed by atoms with Crippen LogP contribution >= 0.6 is 0 Å². The van der Waals surface area contributed by atoms with Crippen molar-refractivity contribution in [1.82, 2.24) is 15.6 Å². The van der Waals surface area contributed by atoms with Crippen LogP contribution in [0.3, 0.4) is 0 Å². The monoisotopic (exact) mass is 381 g/mol. The Labute approximate surface area is 167 Å². The molecule has 1 aliphatic rings. The zero-order valence-corrected chi connectivity index (χ0v) is 16.9. The van der Waals surface area contributed by atoms with Crippen molar-refractivity contribution in [2.24, 2.45) is 4.99 Å². The van der Waals surface area contributed by atoms with Gasteiger partial charge in [-0.2, -0.15) is 0 Å². The molecule has 1 saturated heterocycles. The van der Waals surface area contributed by atoms with Gasteiger partial charge < -0.3 is 20.0 Å². The normalized spacial score (nSPS) is 15.5. The summed E-state index contributed by atoms with van der Waals surface area (Å²) >= 11 is 0. The highest BCUT2D eigenvalue weighted by Crippen LogP contribution is 2.18. The average molecular weight is 382 g/mol. The summed E-state index contributed by atoms with van der Waals surface area (Å²) in [4.78, 5) is 11.6. The van der Waals surface area contributed by atoms with Crippen LogP contribution in [0.25, 0.3) is 0 Å². The maximum absolute atomic E-state index is 5.40. The molecule has 0 radical (unpaired) electrons.